The maximum absolute atomic E-state index is 12.6. The van der Waals surface area contributed by atoms with Crippen molar-refractivity contribution in [2.45, 2.75) is 56.5 Å². The number of fused-ring (bicyclic) bond motifs is 1. The van der Waals surface area contributed by atoms with Gasteiger partial charge in [-0.05, 0) is 43.5 Å². The Morgan fingerprint density at radius 2 is 1.85 bits per heavy atom. The van der Waals surface area contributed by atoms with E-state index in [1.54, 1.807) is 24.5 Å². The van der Waals surface area contributed by atoms with E-state index in [9.17, 15) is 8.42 Å². The molecule has 1 aromatic carbocycles. The van der Waals surface area contributed by atoms with Gasteiger partial charge in [-0.15, -0.1) is 0 Å². The van der Waals surface area contributed by atoms with Crippen LogP contribution in [-0.4, -0.2) is 29.0 Å². The molecule has 0 amide bonds. The van der Waals surface area contributed by atoms with Crippen molar-refractivity contribution in [3.63, 3.8) is 0 Å². The van der Waals surface area contributed by atoms with E-state index in [0.717, 1.165) is 48.1 Å². The number of hydrogen-bond donors (Lipinski definition) is 1. The molecule has 1 N–H and O–H groups in total. The molecule has 0 atom stereocenters. The number of aromatic nitrogens is 3. The maximum Gasteiger partial charge on any atom is 0.240 e. The molecule has 142 valence electrons. The fraction of sp³-hybridized carbons (Fsp3) is 0.400. The fourth-order valence-electron chi connectivity index (χ4n) is 3.77. The molecule has 3 aromatic rings. The molecule has 2 aromatic heterocycles. The second-order valence-corrected chi connectivity index (χ2v) is 8.92. The first-order chi connectivity index (χ1) is 13.0. The predicted octanol–water partition coefficient (Wildman–Crippen LogP) is 3.40. The van der Waals surface area contributed by atoms with Crippen LogP contribution in [0.25, 0.3) is 11.0 Å². The summed E-state index contributed by atoms with van der Waals surface area (Å²) in [7, 11) is -3.46. The summed E-state index contributed by atoms with van der Waals surface area (Å²) in [6.45, 7) is 2.61. The topological polar surface area (TPSA) is 76.9 Å². The SMILES string of the molecule is Cc1nc2cnccc2n1Cc1ccc(S(=O)(=O)NC2CCCCC2)cc1. The lowest BCUT2D eigenvalue weighted by Crippen LogP contribution is -2.36. The Bertz CT molecular complexity index is 1040. The van der Waals surface area contributed by atoms with Crippen LogP contribution < -0.4 is 4.72 Å². The smallest absolute Gasteiger partial charge is 0.240 e. The Kier molecular flexibility index (Phi) is 4.97. The van der Waals surface area contributed by atoms with E-state index in [0.29, 0.717) is 11.4 Å². The Labute approximate surface area is 159 Å². The van der Waals surface area contributed by atoms with Gasteiger partial charge in [0.05, 0.1) is 16.6 Å². The van der Waals surface area contributed by atoms with Crippen LogP contribution in [-0.2, 0) is 16.6 Å². The zero-order valence-corrected chi connectivity index (χ0v) is 16.2. The molecule has 27 heavy (non-hydrogen) atoms. The van der Waals surface area contributed by atoms with E-state index in [4.69, 9.17) is 0 Å². The summed E-state index contributed by atoms with van der Waals surface area (Å²) in [4.78, 5) is 8.96. The Morgan fingerprint density at radius 1 is 1.11 bits per heavy atom. The lowest BCUT2D eigenvalue weighted by atomic mass is 9.96. The standard InChI is InChI=1S/C20H24N4O2S/c1-15-22-19-13-21-12-11-20(19)24(15)14-16-7-9-18(10-8-16)27(25,26)23-17-5-3-2-4-6-17/h7-13,17,23H,2-6,14H2,1H3. The van der Waals surface area contributed by atoms with Crippen LogP contribution >= 0.6 is 0 Å². The third-order valence-corrected chi connectivity index (χ3v) is 6.78. The highest BCUT2D eigenvalue weighted by molar-refractivity contribution is 7.89. The molecule has 1 saturated carbocycles. The second-order valence-electron chi connectivity index (χ2n) is 7.21. The number of nitrogens with one attached hydrogen (secondary N) is 1. The monoisotopic (exact) mass is 384 g/mol. The van der Waals surface area contributed by atoms with Crippen LogP contribution in [0.2, 0.25) is 0 Å². The first-order valence-electron chi connectivity index (χ1n) is 9.41. The molecule has 0 spiro atoms. The highest BCUT2D eigenvalue weighted by Gasteiger charge is 2.21. The molecular formula is C20H24N4O2S. The summed E-state index contributed by atoms with van der Waals surface area (Å²) in [5, 5.41) is 0. The number of imidazole rings is 1. The van der Waals surface area contributed by atoms with Crippen LogP contribution in [0.4, 0.5) is 0 Å². The van der Waals surface area contributed by atoms with E-state index < -0.39 is 10.0 Å². The highest BCUT2D eigenvalue weighted by Crippen LogP contribution is 2.21. The summed E-state index contributed by atoms with van der Waals surface area (Å²) in [6, 6.07) is 9.15. The van der Waals surface area contributed by atoms with E-state index in [-0.39, 0.29) is 6.04 Å². The minimum atomic E-state index is -3.46. The van der Waals surface area contributed by atoms with E-state index in [1.165, 1.54) is 6.42 Å². The van der Waals surface area contributed by atoms with Crippen LogP contribution in [0.5, 0.6) is 0 Å². The molecule has 0 bridgehead atoms. The van der Waals surface area contributed by atoms with Gasteiger partial charge in [-0.3, -0.25) is 4.98 Å². The fourth-order valence-corrected chi connectivity index (χ4v) is 5.07. The van der Waals surface area contributed by atoms with Crippen LogP contribution in [0.1, 0.15) is 43.5 Å². The molecule has 0 saturated heterocycles. The zero-order chi connectivity index (χ0) is 18.9. The number of benzene rings is 1. The molecule has 2 heterocycles. The number of pyridine rings is 1. The molecule has 0 aliphatic heterocycles. The average molecular weight is 385 g/mol. The normalized spacial score (nSPS) is 16.0. The molecule has 1 fully saturated rings. The van der Waals surface area contributed by atoms with Gasteiger partial charge >= 0.3 is 0 Å². The predicted molar refractivity (Wildman–Crippen MR) is 105 cm³/mol. The van der Waals surface area contributed by atoms with Gasteiger partial charge in [0, 0.05) is 18.8 Å². The van der Waals surface area contributed by atoms with Gasteiger partial charge in [0.25, 0.3) is 0 Å². The van der Waals surface area contributed by atoms with Crippen molar-refractivity contribution in [1.29, 1.82) is 0 Å². The third kappa shape index (κ3) is 3.89. The Balaban J connectivity index is 1.52. The highest BCUT2D eigenvalue weighted by atomic mass is 32.2. The van der Waals surface area contributed by atoms with E-state index >= 15 is 0 Å². The van der Waals surface area contributed by atoms with E-state index in [2.05, 4.69) is 19.3 Å². The lowest BCUT2D eigenvalue weighted by Gasteiger charge is -2.22. The molecule has 0 unspecified atom stereocenters. The summed E-state index contributed by atoms with van der Waals surface area (Å²) in [5.41, 5.74) is 2.93. The minimum absolute atomic E-state index is 0.0667. The molecule has 1 aliphatic rings. The van der Waals surface area contributed by atoms with Gasteiger partial charge in [-0.1, -0.05) is 31.4 Å². The number of hydrogen-bond acceptors (Lipinski definition) is 4. The molecule has 0 radical (unpaired) electrons. The first-order valence-corrected chi connectivity index (χ1v) is 10.9. The van der Waals surface area contributed by atoms with Crippen molar-refractivity contribution in [3.8, 4) is 0 Å². The number of nitrogens with zero attached hydrogens (tertiary/aromatic N) is 3. The largest absolute Gasteiger partial charge is 0.324 e. The molecule has 7 heteroatoms. The maximum atomic E-state index is 12.6. The minimum Gasteiger partial charge on any atom is -0.324 e. The van der Waals surface area contributed by atoms with Gasteiger partial charge in [-0.2, -0.15) is 0 Å². The van der Waals surface area contributed by atoms with Gasteiger partial charge in [0.1, 0.15) is 11.3 Å². The van der Waals surface area contributed by atoms with Crippen LogP contribution in [0.15, 0.2) is 47.6 Å². The van der Waals surface area contributed by atoms with E-state index in [1.807, 2.05) is 25.1 Å². The van der Waals surface area contributed by atoms with Crippen molar-refractivity contribution >= 4 is 21.1 Å². The zero-order valence-electron chi connectivity index (χ0n) is 15.4. The van der Waals surface area contributed by atoms with Crippen molar-refractivity contribution in [2.24, 2.45) is 0 Å². The Hall–Kier alpha value is -2.25. The van der Waals surface area contributed by atoms with Crippen molar-refractivity contribution < 1.29 is 8.42 Å². The molecule has 1 aliphatic carbocycles. The number of rotatable bonds is 5. The van der Waals surface area contributed by atoms with Gasteiger partial charge in [-0.25, -0.2) is 18.1 Å². The molecule has 6 nitrogen and oxygen atoms in total. The van der Waals surface area contributed by atoms with Gasteiger partial charge in [0.2, 0.25) is 10.0 Å². The first kappa shape index (κ1) is 18.1. The second kappa shape index (κ2) is 7.40. The number of sulfonamides is 1. The molecule has 4 rings (SSSR count). The van der Waals surface area contributed by atoms with Crippen molar-refractivity contribution in [1.82, 2.24) is 19.3 Å². The average Bonchev–Trinajstić information content (AvgIpc) is 2.98. The van der Waals surface area contributed by atoms with Crippen molar-refractivity contribution in [2.75, 3.05) is 0 Å². The number of aryl methyl sites for hydroxylation is 1. The summed E-state index contributed by atoms with van der Waals surface area (Å²) >= 11 is 0. The summed E-state index contributed by atoms with van der Waals surface area (Å²) < 4.78 is 30.2. The van der Waals surface area contributed by atoms with Gasteiger partial charge in [0.15, 0.2) is 0 Å². The van der Waals surface area contributed by atoms with Crippen LogP contribution in [0, 0.1) is 6.92 Å². The summed E-state index contributed by atoms with van der Waals surface area (Å²) in [6.07, 6.45) is 8.77. The quantitative estimate of drug-likeness (QED) is 0.731. The third-order valence-electron chi connectivity index (χ3n) is 5.24. The van der Waals surface area contributed by atoms with Crippen LogP contribution in [0.3, 0.4) is 0 Å². The Morgan fingerprint density at radius 3 is 2.59 bits per heavy atom. The molecular weight excluding hydrogens is 360 g/mol. The van der Waals surface area contributed by atoms with Gasteiger partial charge < -0.3 is 4.57 Å². The van der Waals surface area contributed by atoms with Crippen molar-refractivity contribution in [3.05, 3.63) is 54.1 Å². The lowest BCUT2D eigenvalue weighted by molar-refractivity contribution is 0.412. The summed E-state index contributed by atoms with van der Waals surface area (Å²) in [5.74, 6) is 0.911.